The monoisotopic (exact) mass is 313 g/mol. The maximum absolute atomic E-state index is 12.4. The number of benzene rings is 1. The first-order valence-corrected chi connectivity index (χ1v) is 8.05. The predicted molar refractivity (Wildman–Crippen MR) is 90.4 cm³/mol. The summed E-state index contributed by atoms with van der Waals surface area (Å²) in [5.41, 5.74) is 2.84. The van der Waals surface area contributed by atoms with E-state index in [1.165, 1.54) is 0 Å². The average Bonchev–Trinajstić information content (AvgIpc) is 2.98. The molecule has 1 N–H and O–H groups in total. The van der Waals surface area contributed by atoms with Crippen LogP contribution in [0.3, 0.4) is 0 Å². The lowest BCUT2D eigenvalue weighted by Crippen LogP contribution is -2.41. The van der Waals surface area contributed by atoms with Crippen molar-refractivity contribution in [1.29, 1.82) is 0 Å². The number of nitrogens with one attached hydrogen (secondary N) is 1. The Kier molecular flexibility index (Phi) is 5.10. The fraction of sp³-hybridized carbons (Fsp3) is 0.389. The lowest BCUT2D eigenvalue weighted by molar-refractivity contribution is 0.0383. The van der Waals surface area contributed by atoms with Gasteiger partial charge < -0.3 is 14.6 Å². The Labute approximate surface area is 136 Å². The molecule has 1 saturated heterocycles. The predicted octanol–water partition coefficient (Wildman–Crippen LogP) is 1.75. The van der Waals surface area contributed by atoms with Crippen LogP contribution in [0.1, 0.15) is 10.5 Å². The second kappa shape index (κ2) is 7.44. The first-order valence-electron chi connectivity index (χ1n) is 8.05. The molecule has 0 atom stereocenters. The van der Waals surface area contributed by atoms with Gasteiger partial charge in [-0.1, -0.05) is 30.3 Å². The third kappa shape index (κ3) is 3.81. The van der Waals surface area contributed by atoms with Crippen molar-refractivity contribution in [1.82, 2.24) is 14.8 Å². The minimum absolute atomic E-state index is 0.0251. The second-order valence-corrected chi connectivity index (χ2v) is 5.74. The van der Waals surface area contributed by atoms with Gasteiger partial charge in [-0.15, -0.1) is 0 Å². The van der Waals surface area contributed by atoms with Crippen molar-refractivity contribution < 1.29 is 9.53 Å². The normalized spacial score (nSPS) is 15.5. The van der Waals surface area contributed by atoms with E-state index >= 15 is 0 Å². The van der Waals surface area contributed by atoms with Crippen LogP contribution < -0.4 is 5.32 Å². The van der Waals surface area contributed by atoms with Gasteiger partial charge in [0.1, 0.15) is 5.69 Å². The summed E-state index contributed by atoms with van der Waals surface area (Å²) in [7, 11) is 1.93. The topological polar surface area (TPSA) is 46.5 Å². The van der Waals surface area contributed by atoms with Crippen molar-refractivity contribution in [2.24, 2.45) is 7.05 Å². The van der Waals surface area contributed by atoms with Gasteiger partial charge in [-0.25, -0.2) is 0 Å². The SMILES string of the molecule is Cn1c(C(=O)NCCN2CCOCC2)ccc1-c1ccccc1. The molecule has 0 unspecified atom stereocenters. The van der Waals surface area contributed by atoms with Crippen LogP contribution in [0.4, 0.5) is 0 Å². The Hall–Kier alpha value is -2.11. The number of rotatable bonds is 5. The summed E-state index contributed by atoms with van der Waals surface area (Å²) in [6, 6.07) is 14.0. The summed E-state index contributed by atoms with van der Waals surface area (Å²) in [6.45, 7) is 4.98. The zero-order chi connectivity index (χ0) is 16.1. The van der Waals surface area contributed by atoms with Crippen LogP contribution in [-0.4, -0.2) is 54.8 Å². The highest BCUT2D eigenvalue weighted by molar-refractivity contribution is 5.93. The number of carbonyl (C=O) groups is 1. The van der Waals surface area contributed by atoms with Crippen molar-refractivity contribution in [2.75, 3.05) is 39.4 Å². The molecule has 1 aromatic carbocycles. The highest BCUT2D eigenvalue weighted by Gasteiger charge is 2.14. The van der Waals surface area contributed by atoms with Crippen LogP contribution in [0, 0.1) is 0 Å². The zero-order valence-electron chi connectivity index (χ0n) is 13.5. The fourth-order valence-corrected chi connectivity index (χ4v) is 2.88. The first kappa shape index (κ1) is 15.8. The standard InChI is InChI=1S/C18H23N3O2/c1-20-16(15-5-3-2-4-6-15)7-8-17(20)18(22)19-9-10-21-11-13-23-14-12-21/h2-8H,9-14H2,1H3,(H,19,22). The minimum Gasteiger partial charge on any atom is -0.379 e. The smallest absolute Gasteiger partial charge is 0.267 e. The Bertz CT molecular complexity index is 646. The molecule has 5 heteroatoms. The number of morpholine rings is 1. The van der Waals surface area contributed by atoms with Gasteiger partial charge >= 0.3 is 0 Å². The number of nitrogens with zero attached hydrogens (tertiary/aromatic N) is 2. The van der Waals surface area contributed by atoms with Crippen molar-refractivity contribution >= 4 is 5.91 Å². The number of aromatic nitrogens is 1. The Morgan fingerprint density at radius 3 is 2.61 bits per heavy atom. The van der Waals surface area contributed by atoms with Gasteiger partial charge in [0.25, 0.3) is 5.91 Å². The van der Waals surface area contributed by atoms with Gasteiger partial charge in [-0.2, -0.15) is 0 Å². The lowest BCUT2D eigenvalue weighted by Gasteiger charge is -2.26. The van der Waals surface area contributed by atoms with E-state index in [9.17, 15) is 4.79 Å². The van der Waals surface area contributed by atoms with E-state index in [4.69, 9.17) is 4.74 Å². The fourth-order valence-electron chi connectivity index (χ4n) is 2.88. The third-order valence-corrected chi connectivity index (χ3v) is 4.24. The van der Waals surface area contributed by atoms with Gasteiger partial charge in [-0.05, 0) is 17.7 Å². The van der Waals surface area contributed by atoms with Gasteiger partial charge in [0.15, 0.2) is 0 Å². The summed E-state index contributed by atoms with van der Waals surface area (Å²) in [5, 5.41) is 3.01. The zero-order valence-corrected chi connectivity index (χ0v) is 13.5. The molecule has 1 amide bonds. The maximum Gasteiger partial charge on any atom is 0.267 e. The molecule has 0 aliphatic carbocycles. The Morgan fingerprint density at radius 1 is 1.13 bits per heavy atom. The molecule has 0 spiro atoms. The number of hydrogen-bond acceptors (Lipinski definition) is 3. The maximum atomic E-state index is 12.4. The molecule has 2 aromatic rings. The van der Waals surface area contributed by atoms with Crippen molar-refractivity contribution in [3.8, 4) is 11.3 Å². The molecule has 5 nitrogen and oxygen atoms in total. The molecule has 1 aliphatic rings. The van der Waals surface area contributed by atoms with Gasteiger partial charge in [0.2, 0.25) is 0 Å². The first-order chi connectivity index (χ1) is 11.3. The minimum atomic E-state index is -0.0251. The number of carbonyl (C=O) groups excluding carboxylic acids is 1. The molecule has 1 aliphatic heterocycles. The van der Waals surface area contributed by atoms with Crippen LogP contribution in [0.5, 0.6) is 0 Å². The van der Waals surface area contributed by atoms with Gasteiger partial charge in [0.05, 0.1) is 13.2 Å². The van der Waals surface area contributed by atoms with Crippen molar-refractivity contribution in [3.63, 3.8) is 0 Å². The van der Waals surface area contributed by atoms with Crippen molar-refractivity contribution in [2.45, 2.75) is 0 Å². The lowest BCUT2D eigenvalue weighted by atomic mass is 10.2. The van der Waals surface area contributed by atoms with Crippen LogP contribution >= 0.6 is 0 Å². The van der Waals surface area contributed by atoms with Gasteiger partial charge in [0, 0.05) is 38.9 Å². The van der Waals surface area contributed by atoms with E-state index in [0.717, 1.165) is 44.1 Å². The molecular formula is C18H23N3O2. The summed E-state index contributed by atoms with van der Waals surface area (Å²) >= 11 is 0. The molecule has 3 rings (SSSR count). The van der Waals surface area contributed by atoms with E-state index in [2.05, 4.69) is 22.3 Å². The highest BCUT2D eigenvalue weighted by atomic mass is 16.5. The van der Waals surface area contributed by atoms with Crippen molar-refractivity contribution in [3.05, 3.63) is 48.2 Å². The molecule has 1 aromatic heterocycles. The van der Waals surface area contributed by atoms with E-state index in [1.54, 1.807) is 0 Å². The summed E-state index contributed by atoms with van der Waals surface area (Å²) < 4.78 is 7.27. The Balaban J connectivity index is 1.58. The van der Waals surface area contributed by atoms with Crippen LogP contribution in [-0.2, 0) is 11.8 Å². The number of amides is 1. The summed E-state index contributed by atoms with van der Waals surface area (Å²) in [6.07, 6.45) is 0. The second-order valence-electron chi connectivity index (χ2n) is 5.74. The molecule has 0 saturated carbocycles. The van der Waals surface area contributed by atoms with E-state index < -0.39 is 0 Å². The van der Waals surface area contributed by atoms with Crippen LogP contribution in [0.25, 0.3) is 11.3 Å². The van der Waals surface area contributed by atoms with Crippen LogP contribution in [0.15, 0.2) is 42.5 Å². The molecule has 1 fully saturated rings. The quantitative estimate of drug-likeness (QED) is 0.915. The molecule has 2 heterocycles. The van der Waals surface area contributed by atoms with Crippen LogP contribution in [0.2, 0.25) is 0 Å². The highest BCUT2D eigenvalue weighted by Crippen LogP contribution is 2.21. The molecule has 0 bridgehead atoms. The summed E-state index contributed by atoms with van der Waals surface area (Å²) in [5.74, 6) is -0.0251. The van der Waals surface area contributed by atoms with E-state index in [0.29, 0.717) is 12.2 Å². The number of ether oxygens (including phenoxy) is 1. The number of hydrogen-bond donors (Lipinski definition) is 1. The Morgan fingerprint density at radius 2 is 1.87 bits per heavy atom. The largest absolute Gasteiger partial charge is 0.379 e. The molecular weight excluding hydrogens is 290 g/mol. The van der Waals surface area contributed by atoms with Gasteiger partial charge in [-0.3, -0.25) is 9.69 Å². The average molecular weight is 313 g/mol. The molecule has 23 heavy (non-hydrogen) atoms. The third-order valence-electron chi connectivity index (χ3n) is 4.24. The molecule has 0 radical (unpaired) electrons. The summed E-state index contributed by atoms with van der Waals surface area (Å²) in [4.78, 5) is 14.7. The van der Waals surface area contributed by atoms with E-state index in [1.807, 2.05) is 41.9 Å². The molecule has 122 valence electrons. The van der Waals surface area contributed by atoms with E-state index in [-0.39, 0.29) is 5.91 Å².